The Kier molecular flexibility index (Phi) is 3.97. The predicted octanol–water partition coefficient (Wildman–Crippen LogP) is 4.73. The first-order valence-corrected chi connectivity index (χ1v) is 9.43. The molecule has 0 unspecified atom stereocenters. The molecule has 1 saturated heterocycles. The van der Waals surface area contributed by atoms with E-state index >= 15 is 0 Å². The first kappa shape index (κ1) is 14.6. The fourth-order valence-corrected chi connectivity index (χ4v) is 4.70. The highest BCUT2D eigenvalue weighted by atomic mass is 32.1. The quantitative estimate of drug-likeness (QED) is 0.646. The van der Waals surface area contributed by atoms with Crippen LogP contribution in [0.25, 0.3) is 16.3 Å². The van der Waals surface area contributed by atoms with Crippen LogP contribution in [-0.4, -0.2) is 22.3 Å². The van der Waals surface area contributed by atoms with Gasteiger partial charge in [0.25, 0.3) is 0 Å². The minimum absolute atomic E-state index is 0.0814. The van der Waals surface area contributed by atoms with Crippen LogP contribution in [0.3, 0.4) is 0 Å². The van der Waals surface area contributed by atoms with Crippen LogP contribution in [0.2, 0.25) is 0 Å². The number of fused-ring (bicyclic) bond motifs is 1. The number of hydrogen-bond donors (Lipinski definition) is 0. The maximum absolute atomic E-state index is 12.6. The van der Waals surface area contributed by atoms with E-state index < -0.39 is 0 Å². The van der Waals surface area contributed by atoms with Gasteiger partial charge in [-0.3, -0.25) is 4.79 Å². The molecule has 1 amide bonds. The average Bonchev–Trinajstić information content (AvgIpc) is 3.31. The van der Waals surface area contributed by atoms with Gasteiger partial charge in [-0.1, -0.05) is 12.1 Å². The first-order chi connectivity index (χ1) is 11.3. The van der Waals surface area contributed by atoms with Gasteiger partial charge in [0.05, 0.1) is 16.3 Å². The topological polar surface area (TPSA) is 33.2 Å². The maximum Gasteiger partial charge on any atom is 0.247 e. The highest BCUT2D eigenvalue weighted by Crippen LogP contribution is 2.36. The maximum atomic E-state index is 12.6. The second-order valence-electron chi connectivity index (χ2n) is 5.60. The molecule has 1 aliphatic heterocycles. The van der Waals surface area contributed by atoms with Crippen LogP contribution in [0.1, 0.15) is 29.5 Å². The van der Waals surface area contributed by atoms with E-state index in [1.807, 2.05) is 46.0 Å². The Morgan fingerprint density at radius 1 is 1.30 bits per heavy atom. The average molecular weight is 340 g/mol. The summed E-state index contributed by atoms with van der Waals surface area (Å²) in [6.07, 6.45) is 5.62. The van der Waals surface area contributed by atoms with Crippen LogP contribution in [0.5, 0.6) is 0 Å². The number of nitrogens with zero attached hydrogens (tertiary/aromatic N) is 2. The summed E-state index contributed by atoms with van der Waals surface area (Å²) >= 11 is 3.34. The summed E-state index contributed by atoms with van der Waals surface area (Å²) in [5.74, 6) is 0.0814. The van der Waals surface area contributed by atoms with Gasteiger partial charge in [-0.2, -0.15) is 11.3 Å². The van der Waals surface area contributed by atoms with Gasteiger partial charge >= 0.3 is 0 Å². The smallest absolute Gasteiger partial charge is 0.247 e. The van der Waals surface area contributed by atoms with Crippen molar-refractivity contribution >= 4 is 44.9 Å². The summed E-state index contributed by atoms with van der Waals surface area (Å²) in [5, 5.41) is 5.11. The molecule has 0 bridgehead atoms. The standard InChI is InChI=1S/C18H16N2OS2/c21-17(8-7-13-9-11-22-12-13)20-10-3-5-15(20)18-19-14-4-1-2-6-16(14)23-18/h1-2,4,6-9,11-12,15H,3,5,10H2/b8-7+/t15-/m1/s1. The largest absolute Gasteiger partial charge is 0.330 e. The molecule has 3 aromatic rings. The van der Waals surface area contributed by atoms with Crippen molar-refractivity contribution in [3.05, 3.63) is 57.7 Å². The second-order valence-corrected chi connectivity index (χ2v) is 7.44. The van der Waals surface area contributed by atoms with Gasteiger partial charge in [0.15, 0.2) is 0 Å². The Bertz CT molecular complexity index is 818. The first-order valence-electron chi connectivity index (χ1n) is 7.67. The lowest BCUT2D eigenvalue weighted by atomic mass is 10.2. The van der Waals surface area contributed by atoms with Crippen molar-refractivity contribution in [1.29, 1.82) is 0 Å². The summed E-state index contributed by atoms with van der Waals surface area (Å²) < 4.78 is 1.19. The molecular weight excluding hydrogens is 324 g/mol. The molecule has 1 aliphatic rings. The van der Waals surface area contributed by atoms with Crippen molar-refractivity contribution in [2.45, 2.75) is 18.9 Å². The third-order valence-electron chi connectivity index (χ3n) is 4.09. The van der Waals surface area contributed by atoms with Gasteiger partial charge in [0, 0.05) is 12.6 Å². The SMILES string of the molecule is O=C(/C=C/c1ccsc1)N1CCC[C@@H]1c1nc2ccccc2s1. The van der Waals surface area contributed by atoms with Gasteiger partial charge < -0.3 is 4.90 Å². The highest BCUT2D eigenvalue weighted by molar-refractivity contribution is 7.18. The van der Waals surface area contributed by atoms with E-state index in [2.05, 4.69) is 6.07 Å². The van der Waals surface area contributed by atoms with E-state index in [1.54, 1.807) is 28.7 Å². The summed E-state index contributed by atoms with van der Waals surface area (Å²) in [4.78, 5) is 19.3. The van der Waals surface area contributed by atoms with Gasteiger partial charge in [0.2, 0.25) is 5.91 Å². The monoisotopic (exact) mass is 340 g/mol. The third-order valence-corrected chi connectivity index (χ3v) is 5.93. The molecule has 0 spiro atoms. The number of rotatable bonds is 3. The van der Waals surface area contributed by atoms with Crippen LogP contribution in [-0.2, 0) is 4.79 Å². The van der Waals surface area contributed by atoms with Crippen LogP contribution in [0, 0.1) is 0 Å². The number of likely N-dealkylation sites (tertiary alicyclic amines) is 1. The second kappa shape index (κ2) is 6.26. The van der Waals surface area contributed by atoms with E-state index in [0.717, 1.165) is 35.5 Å². The minimum atomic E-state index is 0.0814. The number of carbonyl (C=O) groups excluding carboxylic acids is 1. The Hall–Kier alpha value is -1.98. The van der Waals surface area contributed by atoms with E-state index in [-0.39, 0.29) is 11.9 Å². The number of carbonyl (C=O) groups is 1. The minimum Gasteiger partial charge on any atom is -0.330 e. The Morgan fingerprint density at radius 3 is 3.04 bits per heavy atom. The van der Waals surface area contributed by atoms with Crippen LogP contribution < -0.4 is 0 Å². The number of hydrogen-bond acceptors (Lipinski definition) is 4. The lowest BCUT2D eigenvalue weighted by molar-refractivity contribution is -0.126. The predicted molar refractivity (Wildman–Crippen MR) is 96.7 cm³/mol. The van der Waals surface area contributed by atoms with E-state index in [9.17, 15) is 4.79 Å². The molecule has 0 saturated carbocycles. The number of thiazole rings is 1. The van der Waals surface area contributed by atoms with Crippen molar-refractivity contribution in [3.63, 3.8) is 0 Å². The molecule has 23 heavy (non-hydrogen) atoms. The summed E-state index contributed by atoms with van der Waals surface area (Å²) in [5.41, 5.74) is 2.11. The van der Waals surface area contributed by atoms with Crippen molar-refractivity contribution in [2.24, 2.45) is 0 Å². The van der Waals surface area contributed by atoms with Gasteiger partial charge in [-0.05, 0) is 53.4 Å². The van der Waals surface area contributed by atoms with Gasteiger partial charge in [0.1, 0.15) is 5.01 Å². The molecule has 116 valence electrons. The third kappa shape index (κ3) is 2.94. The number of aromatic nitrogens is 1. The molecule has 0 aliphatic carbocycles. The van der Waals surface area contributed by atoms with Crippen LogP contribution in [0.4, 0.5) is 0 Å². The van der Waals surface area contributed by atoms with Gasteiger partial charge in [-0.25, -0.2) is 4.98 Å². The summed E-state index contributed by atoms with van der Waals surface area (Å²) in [6, 6.07) is 10.3. The number of para-hydroxylation sites is 1. The van der Waals surface area contributed by atoms with E-state index in [4.69, 9.17) is 4.98 Å². The molecular formula is C18H16N2OS2. The lowest BCUT2D eigenvalue weighted by Crippen LogP contribution is -2.28. The van der Waals surface area contributed by atoms with Crippen LogP contribution >= 0.6 is 22.7 Å². The van der Waals surface area contributed by atoms with Gasteiger partial charge in [-0.15, -0.1) is 11.3 Å². The van der Waals surface area contributed by atoms with E-state index in [0.29, 0.717) is 0 Å². The zero-order valence-electron chi connectivity index (χ0n) is 12.5. The zero-order chi connectivity index (χ0) is 15.6. The molecule has 2 aromatic heterocycles. The van der Waals surface area contributed by atoms with Crippen molar-refractivity contribution in [3.8, 4) is 0 Å². The highest BCUT2D eigenvalue weighted by Gasteiger charge is 2.31. The zero-order valence-corrected chi connectivity index (χ0v) is 14.1. The Labute approximate surface area is 142 Å². The molecule has 0 N–H and O–H groups in total. The normalized spacial score (nSPS) is 18.3. The number of thiophene rings is 1. The molecule has 1 fully saturated rings. The summed E-state index contributed by atoms with van der Waals surface area (Å²) in [7, 11) is 0. The summed E-state index contributed by atoms with van der Waals surface area (Å²) in [6.45, 7) is 0.813. The van der Waals surface area contributed by atoms with Crippen molar-refractivity contribution in [1.82, 2.24) is 9.88 Å². The fourth-order valence-electron chi connectivity index (χ4n) is 2.95. The molecule has 1 aromatic carbocycles. The molecule has 3 heterocycles. The van der Waals surface area contributed by atoms with E-state index in [1.165, 1.54) is 4.70 Å². The fraction of sp³-hybridized carbons (Fsp3) is 0.222. The molecule has 0 radical (unpaired) electrons. The van der Waals surface area contributed by atoms with Crippen LogP contribution in [0.15, 0.2) is 47.2 Å². The van der Waals surface area contributed by atoms with Crippen molar-refractivity contribution in [2.75, 3.05) is 6.54 Å². The Morgan fingerprint density at radius 2 is 2.22 bits per heavy atom. The molecule has 1 atom stereocenters. The number of benzene rings is 1. The molecule has 4 rings (SSSR count). The number of amides is 1. The van der Waals surface area contributed by atoms with Crippen molar-refractivity contribution < 1.29 is 4.79 Å². The Balaban J connectivity index is 1.57. The lowest BCUT2D eigenvalue weighted by Gasteiger charge is -2.21. The molecule has 3 nitrogen and oxygen atoms in total. The molecule has 5 heteroatoms.